The summed E-state index contributed by atoms with van der Waals surface area (Å²) in [7, 11) is 0. The molecule has 0 aromatic carbocycles. The predicted octanol–water partition coefficient (Wildman–Crippen LogP) is -7.57. The number of aliphatic hydroxyl groups is 11. The van der Waals surface area contributed by atoms with Crippen LogP contribution in [0.2, 0.25) is 0 Å². The SMILES string of the molecule is OC[C@H]1O[C@H](O)[C@H](O[C@H]2O[C@H](CO)[C@@H](O)[C@H](O)[C@H]2O)[C@@H](O[C@H]2O[C@H](CO)[C@@H](O)[C@H](O)[C@@H]2O)[C@H]1O. The van der Waals surface area contributed by atoms with Gasteiger partial charge in [-0.2, -0.15) is 0 Å². The first-order chi connectivity index (χ1) is 16.0. The number of rotatable bonds is 7. The van der Waals surface area contributed by atoms with Crippen molar-refractivity contribution in [2.24, 2.45) is 0 Å². The zero-order valence-electron chi connectivity index (χ0n) is 17.7. The van der Waals surface area contributed by atoms with E-state index in [4.69, 9.17) is 23.7 Å². The van der Waals surface area contributed by atoms with Gasteiger partial charge in [-0.05, 0) is 0 Å². The smallest absolute Gasteiger partial charge is 0.187 e. The van der Waals surface area contributed by atoms with Gasteiger partial charge < -0.3 is 79.9 Å². The van der Waals surface area contributed by atoms with E-state index in [1.54, 1.807) is 0 Å². The molecule has 3 heterocycles. The lowest BCUT2D eigenvalue weighted by Gasteiger charge is -2.48. The van der Waals surface area contributed by atoms with E-state index in [1.807, 2.05) is 0 Å². The van der Waals surface area contributed by atoms with Gasteiger partial charge in [0.2, 0.25) is 0 Å². The molecule has 0 radical (unpaired) electrons. The monoisotopic (exact) mass is 504 g/mol. The average Bonchev–Trinajstić information content (AvgIpc) is 2.83. The van der Waals surface area contributed by atoms with Crippen molar-refractivity contribution in [2.75, 3.05) is 19.8 Å². The highest BCUT2D eigenvalue weighted by Crippen LogP contribution is 2.32. The highest BCUT2D eigenvalue weighted by atomic mass is 16.8. The summed E-state index contributed by atoms with van der Waals surface area (Å²) in [6.45, 7) is -2.33. The summed E-state index contributed by atoms with van der Waals surface area (Å²) >= 11 is 0. The molecule has 0 aromatic rings. The normalized spacial score (nSPS) is 52.5. The molecule has 0 saturated carbocycles. The maximum atomic E-state index is 10.6. The van der Waals surface area contributed by atoms with Gasteiger partial charge in [0.15, 0.2) is 18.9 Å². The first-order valence-electron chi connectivity index (χ1n) is 10.6. The van der Waals surface area contributed by atoms with Crippen LogP contribution < -0.4 is 0 Å². The minimum absolute atomic E-state index is 0.769. The van der Waals surface area contributed by atoms with Crippen molar-refractivity contribution in [1.82, 2.24) is 0 Å². The summed E-state index contributed by atoms with van der Waals surface area (Å²) in [5.41, 5.74) is 0. The van der Waals surface area contributed by atoms with E-state index < -0.39 is 112 Å². The molecule has 34 heavy (non-hydrogen) atoms. The van der Waals surface area contributed by atoms with E-state index in [-0.39, 0.29) is 0 Å². The van der Waals surface area contributed by atoms with E-state index in [9.17, 15) is 56.2 Å². The van der Waals surface area contributed by atoms with E-state index in [1.165, 1.54) is 0 Å². The van der Waals surface area contributed by atoms with Crippen molar-refractivity contribution >= 4 is 0 Å². The topological polar surface area (TPSA) is 269 Å². The van der Waals surface area contributed by atoms with Crippen LogP contribution in [-0.2, 0) is 23.7 Å². The minimum atomic E-state index is -1.94. The Morgan fingerprint density at radius 1 is 0.441 bits per heavy atom. The first kappa shape index (κ1) is 27.9. The van der Waals surface area contributed by atoms with E-state index in [0.717, 1.165) is 0 Å². The number of aliphatic hydroxyl groups excluding tert-OH is 11. The van der Waals surface area contributed by atoms with Crippen LogP contribution in [0.3, 0.4) is 0 Å². The van der Waals surface area contributed by atoms with Gasteiger partial charge in [0.1, 0.15) is 73.2 Å². The Labute approximate surface area is 192 Å². The minimum Gasteiger partial charge on any atom is -0.394 e. The lowest BCUT2D eigenvalue weighted by molar-refractivity contribution is -0.387. The highest BCUT2D eigenvalue weighted by Gasteiger charge is 2.53. The second-order valence-electron chi connectivity index (χ2n) is 8.33. The molecule has 3 aliphatic heterocycles. The Balaban J connectivity index is 1.83. The molecular formula is C18H32O16. The third-order valence-corrected chi connectivity index (χ3v) is 6.10. The van der Waals surface area contributed by atoms with Crippen LogP contribution in [0.15, 0.2) is 0 Å². The van der Waals surface area contributed by atoms with Gasteiger partial charge in [-0.25, -0.2) is 0 Å². The Morgan fingerprint density at radius 2 is 0.824 bits per heavy atom. The van der Waals surface area contributed by atoms with Gasteiger partial charge in [-0.3, -0.25) is 0 Å². The summed E-state index contributed by atoms with van der Waals surface area (Å²) in [6, 6.07) is 0. The largest absolute Gasteiger partial charge is 0.394 e. The maximum absolute atomic E-state index is 10.6. The molecule has 15 atom stereocenters. The molecule has 16 nitrogen and oxygen atoms in total. The summed E-state index contributed by atoms with van der Waals surface area (Å²) < 4.78 is 26.5. The lowest BCUT2D eigenvalue weighted by Crippen LogP contribution is -2.67. The zero-order chi connectivity index (χ0) is 25.3. The highest BCUT2D eigenvalue weighted by molar-refractivity contribution is 4.96. The van der Waals surface area contributed by atoms with Gasteiger partial charge in [0.25, 0.3) is 0 Å². The second-order valence-corrected chi connectivity index (χ2v) is 8.33. The van der Waals surface area contributed by atoms with Crippen LogP contribution in [0.4, 0.5) is 0 Å². The Kier molecular flexibility index (Phi) is 9.54. The molecule has 0 amide bonds. The average molecular weight is 504 g/mol. The van der Waals surface area contributed by atoms with E-state index in [0.29, 0.717) is 0 Å². The van der Waals surface area contributed by atoms with Gasteiger partial charge in [-0.1, -0.05) is 0 Å². The van der Waals surface area contributed by atoms with E-state index in [2.05, 4.69) is 0 Å². The molecule has 3 aliphatic rings. The van der Waals surface area contributed by atoms with E-state index >= 15 is 0 Å². The third-order valence-electron chi connectivity index (χ3n) is 6.10. The van der Waals surface area contributed by atoms with Crippen molar-refractivity contribution in [3.05, 3.63) is 0 Å². The molecule has 16 heteroatoms. The van der Waals surface area contributed by atoms with Crippen molar-refractivity contribution in [3.8, 4) is 0 Å². The number of hydrogen-bond acceptors (Lipinski definition) is 16. The zero-order valence-corrected chi connectivity index (χ0v) is 17.7. The molecule has 0 spiro atoms. The van der Waals surface area contributed by atoms with Crippen LogP contribution >= 0.6 is 0 Å². The van der Waals surface area contributed by atoms with Gasteiger partial charge >= 0.3 is 0 Å². The Morgan fingerprint density at radius 3 is 1.24 bits per heavy atom. The van der Waals surface area contributed by atoms with Crippen LogP contribution in [0.25, 0.3) is 0 Å². The summed E-state index contributed by atoms with van der Waals surface area (Å²) in [5.74, 6) is 0. The fourth-order valence-corrected chi connectivity index (χ4v) is 4.03. The molecule has 11 N–H and O–H groups in total. The van der Waals surface area contributed by atoms with Crippen LogP contribution in [0, 0.1) is 0 Å². The van der Waals surface area contributed by atoms with Crippen molar-refractivity contribution < 1.29 is 79.9 Å². The van der Waals surface area contributed by atoms with Crippen LogP contribution in [0.1, 0.15) is 0 Å². The third kappa shape index (κ3) is 5.37. The van der Waals surface area contributed by atoms with Gasteiger partial charge in [-0.15, -0.1) is 0 Å². The molecule has 3 rings (SSSR count). The molecular weight excluding hydrogens is 472 g/mol. The molecule has 0 aromatic heterocycles. The van der Waals surface area contributed by atoms with Crippen LogP contribution in [0.5, 0.6) is 0 Å². The van der Waals surface area contributed by atoms with Crippen molar-refractivity contribution in [2.45, 2.75) is 92.1 Å². The van der Waals surface area contributed by atoms with Crippen molar-refractivity contribution in [1.29, 1.82) is 0 Å². The number of hydrogen-bond donors (Lipinski definition) is 11. The Bertz CT molecular complexity index is 637. The molecule has 3 fully saturated rings. The fourth-order valence-electron chi connectivity index (χ4n) is 4.03. The summed E-state index contributed by atoms with van der Waals surface area (Å²) in [6.07, 6.45) is -25.6. The van der Waals surface area contributed by atoms with Crippen molar-refractivity contribution in [3.63, 3.8) is 0 Å². The van der Waals surface area contributed by atoms with Crippen LogP contribution in [-0.4, -0.2) is 168 Å². The van der Waals surface area contributed by atoms with Gasteiger partial charge in [0, 0.05) is 0 Å². The molecule has 0 aliphatic carbocycles. The number of ether oxygens (including phenoxy) is 5. The quantitative estimate of drug-likeness (QED) is 0.154. The Hall–Kier alpha value is -0.640. The molecule has 0 bridgehead atoms. The lowest BCUT2D eigenvalue weighted by atomic mass is 9.96. The predicted molar refractivity (Wildman–Crippen MR) is 101 cm³/mol. The second kappa shape index (κ2) is 11.6. The first-order valence-corrected chi connectivity index (χ1v) is 10.6. The van der Waals surface area contributed by atoms with Gasteiger partial charge in [0.05, 0.1) is 19.8 Å². The molecule has 0 unspecified atom stereocenters. The molecule has 200 valence electrons. The fraction of sp³-hybridized carbons (Fsp3) is 1.00. The maximum Gasteiger partial charge on any atom is 0.187 e. The summed E-state index contributed by atoms with van der Waals surface area (Å²) in [5, 5.41) is 109. The molecule has 3 saturated heterocycles. The summed E-state index contributed by atoms with van der Waals surface area (Å²) in [4.78, 5) is 0. The standard InChI is InChI=1S/C18H32O16/c19-1-4-7(22)10(25)12(27)17(31-4)33-14-9(24)6(3-21)30-16(29)15(14)34-18-13(28)11(26)8(23)5(2-20)32-18/h4-29H,1-3H2/t4-,5-,6-,7-,8-,9+,10+,11+,12+,13-,14+,15-,16+,17-,18-/m1/s1.